The Labute approximate surface area is 238 Å². The number of carboxylic acid groups (broad SMARTS) is 1. The van der Waals surface area contributed by atoms with Crippen molar-refractivity contribution in [3.05, 3.63) is 80.4 Å². The van der Waals surface area contributed by atoms with Gasteiger partial charge in [0.05, 0.1) is 16.1 Å². The van der Waals surface area contributed by atoms with E-state index >= 15 is 4.39 Å². The molecular formula is C28H26Cl2FN3O4S. The maximum Gasteiger partial charge on any atom is 0.345 e. The van der Waals surface area contributed by atoms with Crippen LogP contribution in [0.25, 0.3) is 0 Å². The maximum atomic E-state index is 15.8. The van der Waals surface area contributed by atoms with Crippen LogP contribution in [0.3, 0.4) is 0 Å². The van der Waals surface area contributed by atoms with Gasteiger partial charge in [0, 0.05) is 22.7 Å². The monoisotopic (exact) mass is 589 g/mol. The number of halogens is 3. The Balaban J connectivity index is 1.71. The molecule has 11 heteroatoms. The van der Waals surface area contributed by atoms with E-state index in [4.69, 9.17) is 23.2 Å². The van der Waals surface area contributed by atoms with Gasteiger partial charge >= 0.3 is 5.97 Å². The molecule has 4 atom stereocenters. The Bertz CT molecular complexity index is 1500. The van der Waals surface area contributed by atoms with Gasteiger partial charge in [0.15, 0.2) is 0 Å². The Morgan fingerprint density at radius 2 is 1.90 bits per heavy atom. The van der Waals surface area contributed by atoms with Crippen LogP contribution in [0.15, 0.2) is 48.5 Å². The van der Waals surface area contributed by atoms with Gasteiger partial charge in [0.1, 0.15) is 16.1 Å². The van der Waals surface area contributed by atoms with Crippen LogP contribution in [0.2, 0.25) is 10.0 Å². The van der Waals surface area contributed by atoms with Crippen LogP contribution in [0.1, 0.15) is 53.9 Å². The van der Waals surface area contributed by atoms with Crippen molar-refractivity contribution in [2.24, 2.45) is 5.41 Å². The highest BCUT2D eigenvalue weighted by Gasteiger charge is 2.66. The maximum absolute atomic E-state index is 15.8. The lowest BCUT2D eigenvalue weighted by Gasteiger charge is -2.37. The molecule has 2 aliphatic rings. The number of amides is 2. The lowest BCUT2D eigenvalue weighted by atomic mass is 9.62. The SMILES string of the molecule is CC(C)(C)C[C@@H]1N[C@@H](C(=O)Nc2ccc(C(=O)O)s2)[C@H](c2cccc(Cl)c2F)[C@]12C(=O)Nc1cc(Cl)ccc12. The number of anilines is 2. The lowest BCUT2D eigenvalue weighted by Crippen LogP contribution is -2.49. The average molecular weight is 591 g/mol. The summed E-state index contributed by atoms with van der Waals surface area (Å²) in [6, 6.07) is 10.9. The lowest BCUT2D eigenvalue weighted by molar-refractivity contribution is -0.122. The summed E-state index contributed by atoms with van der Waals surface area (Å²) in [5, 5.41) is 19.0. The first-order chi connectivity index (χ1) is 18.3. The molecule has 3 aromatic rings. The van der Waals surface area contributed by atoms with Crippen molar-refractivity contribution >= 4 is 63.0 Å². The van der Waals surface area contributed by atoms with E-state index in [1.807, 2.05) is 20.8 Å². The van der Waals surface area contributed by atoms with Gasteiger partial charge in [-0.1, -0.05) is 62.2 Å². The Morgan fingerprint density at radius 3 is 2.56 bits per heavy atom. The normalized spacial score (nSPS) is 24.1. The molecule has 204 valence electrons. The van der Waals surface area contributed by atoms with E-state index < -0.39 is 41.1 Å². The molecule has 4 N–H and O–H groups in total. The zero-order chi connectivity index (χ0) is 28.3. The number of carbonyl (C=O) groups excluding carboxylic acids is 2. The molecule has 0 saturated carbocycles. The molecular weight excluding hydrogens is 564 g/mol. The number of carboxylic acids is 1. The quantitative estimate of drug-likeness (QED) is 0.280. The fourth-order valence-electron chi connectivity index (χ4n) is 5.87. The number of nitrogens with one attached hydrogen (secondary N) is 3. The van der Waals surface area contributed by atoms with E-state index in [-0.39, 0.29) is 26.8 Å². The molecule has 5 rings (SSSR count). The van der Waals surface area contributed by atoms with Gasteiger partial charge in [-0.25, -0.2) is 9.18 Å². The number of aromatic carboxylic acids is 1. The predicted octanol–water partition coefficient (Wildman–Crippen LogP) is 6.28. The predicted molar refractivity (Wildman–Crippen MR) is 151 cm³/mol. The zero-order valence-electron chi connectivity index (χ0n) is 21.3. The van der Waals surface area contributed by atoms with Crippen LogP contribution in [0.4, 0.5) is 15.1 Å². The van der Waals surface area contributed by atoms with Crippen LogP contribution in [-0.2, 0) is 15.0 Å². The highest BCUT2D eigenvalue weighted by atomic mass is 35.5. The first-order valence-corrected chi connectivity index (χ1v) is 13.9. The molecule has 3 heterocycles. The number of hydrogen-bond acceptors (Lipinski definition) is 5. The molecule has 0 unspecified atom stereocenters. The van der Waals surface area contributed by atoms with E-state index in [1.54, 1.807) is 30.3 Å². The summed E-state index contributed by atoms with van der Waals surface area (Å²) in [5.74, 6) is -3.71. The van der Waals surface area contributed by atoms with Crippen LogP contribution in [0, 0.1) is 11.2 Å². The first kappa shape index (κ1) is 27.6. The molecule has 0 aliphatic carbocycles. The average Bonchev–Trinajstić information content (AvgIpc) is 3.51. The number of hydrogen-bond donors (Lipinski definition) is 4. The topological polar surface area (TPSA) is 108 Å². The van der Waals surface area contributed by atoms with Crippen molar-refractivity contribution in [1.82, 2.24) is 5.32 Å². The van der Waals surface area contributed by atoms with Crippen LogP contribution < -0.4 is 16.0 Å². The smallest absolute Gasteiger partial charge is 0.345 e. The van der Waals surface area contributed by atoms with Crippen molar-refractivity contribution in [2.45, 2.75) is 50.6 Å². The number of benzene rings is 2. The fourth-order valence-corrected chi connectivity index (χ4v) is 6.97. The molecule has 0 radical (unpaired) electrons. The molecule has 1 aromatic heterocycles. The van der Waals surface area contributed by atoms with Crippen molar-refractivity contribution < 1.29 is 23.9 Å². The van der Waals surface area contributed by atoms with Gasteiger partial charge in [-0.2, -0.15) is 0 Å². The molecule has 2 aliphatic heterocycles. The van der Waals surface area contributed by atoms with Crippen LogP contribution in [0.5, 0.6) is 0 Å². The summed E-state index contributed by atoms with van der Waals surface area (Å²) < 4.78 is 15.8. The summed E-state index contributed by atoms with van der Waals surface area (Å²) in [6.45, 7) is 6.08. The van der Waals surface area contributed by atoms with Crippen molar-refractivity contribution in [1.29, 1.82) is 0 Å². The second kappa shape index (κ2) is 9.89. The molecule has 2 amide bonds. The van der Waals surface area contributed by atoms with Gasteiger partial charge in [-0.15, -0.1) is 11.3 Å². The molecule has 1 saturated heterocycles. The largest absolute Gasteiger partial charge is 0.477 e. The van der Waals surface area contributed by atoms with Gasteiger partial charge in [0.25, 0.3) is 0 Å². The third kappa shape index (κ3) is 4.71. The third-order valence-corrected chi connectivity index (χ3v) is 8.80. The summed E-state index contributed by atoms with van der Waals surface area (Å²) in [6.07, 6.45) is 0.479. The highest BCUT2D eigenvalue weighted by molar-refractivity contribution is 7.18. The molecule has 39 heavy (non-hydrogen) atoms. The standard InChI is InChI=1S/C28H26Cl2FN3O4S/c1-27(2,3)12-19-28(15-8-7-13(29)11-17(15)32-26(28)38)21(14-5-4-6-16(30)22(14)31)23(33-19)24(35)34-20-10-9-18(39-20)25(36)37/h4-11,19,21,23,33H,12H2,1-3H3,(H,32,38)(H,34,35)(H,36,37)/t19-,21-,23+,28+/m0/s1. The van der Waals surface area contributed by atoms with E-state index in [2.05, 4.69) is 16.0 Å². The zero-order valence-corrected chi connectivity index (χ0v) is 23.6. The van der Waals surface area contributed by atoms with E-state index in [1.165, 1.54) is 18.2 Å². The third-order valence-electron chi connectivity index (χ3n) is 7.28. The molecule has 7 nitrogen and oxygen atoms in total. The van der Waals surface area contributed by atoms with E-state index in [9.17, 15) is 19.5 Å². The van der Waals surface area contributed by atoms with Crippen LogP contribution in [-0.4, -0.2) is 35.0 Å². The summed E-state index contributed by atoms with van der Waals surface area (Å²) in [4.78, 5) is 39.4. The minimum atomic E-state index is -1.37. The number of carbonyl (C=O) groups is 3. The van der Waals surface area contributed by atoms with Gasteiger partial charge in [0.2, 0.25) is 11.8 Å². The number of fused-ring (bicyclic) bond motifs is 2. The van der Waals surface area contributed by atoms with E-state index in [0.29, 0.717) is 27.7 Å². The minimum absolute atomic E-state index is 0.0603. The fraction of sp³-hybridized carbons (Fsp3) is 0.321. The van der Waals surface area contributed by atoms with Crippen LogP contribution >= 0.6 is 34.5 Å². The van der Waals surface area contributed by atoms with Crippen molar-refractivity contribution in [2.75, 3.05) is 10.6 Å². The number of rotatable bonds is 5. The summed E-state index contributed by atoms with van der Waals surface area (Å²) in [5.41, 5.74) is -0.397. The van der Waals surface area contributed by atoms with Gasteiger partial charge in [-0.05, 0) is 53.3 Å². The number of thiophene rings is 1. The van der Waals surface area contributed by atoms with Crippen molar-refractivity contribution in [3.8, 4) is 0 Å². The van der Waals surface area contributed by atoms with Gasteiger partial charge in [-0.3, -0.25) is 9.59 Å². The molecule has 1 spiro atoms. The Hall–Kier alpha value is -2.98. The molecule has 0 bridgehead atoms. The Kier molecular flexibility index (Phi) is 6.99. The minimum Gasteiger partial charge on any atom is -0.477 e. The molecule has 2 aromatic carbocycles. The van der Waals surface area contributed by atoms with Crippen molar-refractivity contribution in [3.63, 3.8) is 0 Å². The highest BCUT2D eigenvalue weighted by Crippen LogP contribution is 2.57. The summed E-state index contributed by atoms with van der Waals surface area (Å²) >= 11 is 13.4. The first-order valence-electron chi connectivity index (χ1n) is 12.3. The van der Waals surface area contributed by atoms with Gasteiger partial charge < -0.3 is 21.1 Å². The Morgan fingerprint density at radius 1 is 1.15 bits per heavy atom. The second-order valence-corrected chi connectivity index (χ2v) is 13.0. The molecule has 1 fully saturated rings. The summed E-state index contributed by atoms with van der Waals surface area (Å²) in [7, 11) is 0. The van der Waals surface area contributed by atoms with E-state index in [0.717, 1.165) is 11.3 Å². The second-order valence-electron chi connectivity index (χ2n) is 11.1.